The van der Waals surface area contributed by atoms with E-state index in [-0.39, 0.29) is 11.9 Å². The minimum atomic E-state index is 0.222. The predicted molar refractivity (Wildman–Crippen MR) is 71.2 cm³/mol. The maximum Gasteiger partial charge on any atom is 0.140 e. The molecular weight excluding hydrogens is 290 g/mol. The maximum absolute atomic E-state index is 8.42. The molecule has 0 amide bonds. The number of amidine groups is 1. The Labute approximate surface area is 108 Å². The second kappa shape index (κ2) is 6.88. The SMILES string of the molecule is CC(C/C(N)=N/O)NCCc1ccc(Br)s1. The van der Waals surface area contributed by atoms with E-state index in [0.717, 1.165) is 16.8 Å². The highest BCUT2D eigenvalue weighted by Crippen LogP contribution is 2.22. The molecule has 4 nitrogen and oxygen atoms in total. The fourth-order valence-electron chi connectivity index (χ4n) is 1.35. The fourth-order valence-corrected chi connectivity index (χ4v) is 2.84. The molecule has 1 heterocycles. The predicted octanol–water partition coefficient (Wildman–Crippen LogP) is 2.17. The van der Waals surface area contributed by atoms with E-state index >= 15 is 0 Å². The maximum atomic E-state index is 8.42. The Bertz CT molecular complexity index is 354. The van der Waals surface area contributed by atoms with Crippen LogP contribution in [0.2, 0.25) is 0 Å². The molecule has 0 aliphatic carbocycles. The van der Waals surface area contributed by atoms with Crippen molar-refractivity contribution in [1.82, 2.24) is 5.32 Å². The summed E-state index contributed by atoms with van der Waals surface area (Å²) >= 11 is 5.18. The molecular formula is C10H16BrN3OS. The molecule has 1 aromatic heterocycles. The zero-order chi connectivity index (χ0) is 12.0. The molecule has 0 saturated carbocycles. The van der Waals surface area contributed by atoms with Crippen LogP contribution in [0.15, 0.2) is 21.1 Å². The number of hydrogen-bond acceptors (Lipinski definition) is 4. The van der Waals surface area contributed by atoms with Gasteiger partial charge in [-0.2, -0.15) is 0 Å². The van der Waals surface area contributed by atoms with Crippen LogP contribution >= 0.6 is 27.3 Å². The van der Waals surface area contributed by atoms with Crippen molar-refractivity contribution in [2.75, 3.05) is 6.54 Å². The number of halogens is 1. The summed E-state index contributed by atoms with van der Waals surface area (Å²) in [4.78, 5) is 1.34. The molecule has 1 rings (SSSR count). The zero-order valence-corrected chi connectivity index (χ0v) is 11.5. The molecule has 0 fully saturated rings. The average Bonchev–Trinajstić information content (AvgIpc) is 2.64. The van der Waals surface area contributed by atoms with Crippen LogP contribution < -0.4 is 11.1 Å². The summed E-state index contributed by atoms with van der Waals surface area (Å²) in [5.41, 5.74) is 5.42. The standard InChI is InChI=1S/C10H16BrN3OS/c1-7(6-10(12)14-15)13-5-4-8-2-3-9(11)16-8/h2-3,7,13,15H,4-6H2,1H3,(H2,12,14). The largest absolute Gasteiger partial charge is 0.409 e. The van der Waals surface area contributed by atoms with Gasteiger partial charge in [0.15, 0.2) is 0 Å². The Hall–Kier alpha value is -0.590. The molecule has 0 bridgehead atoms. The minimum Gasteiger partial charge on any atom is -0.409 e. The van der Waals surface area contributed by atoms with Gasteiger partial charge in [-0.3, -0.25) is 0 Å². The van der Waals surface area contributed by atoms with Gasteiger partial charge in [-0.25, -0.2) is 0 Å². The van der Waals surface area contributed by atoms with E-state index in [4.69, 9.17) is 10.9 Å². The van der Waals surface area contributed by atoms with Gasteiger partial charge in [-0.05, 0) is 41.4 Å². The van der Waals surface area contributed by atoms with Crippen LogP contribution in [0.4, 0.5) is 0 Å². The Morgan fingerprint density at radius 2 is 2.44 bits per heavy atom. The average molecular weight is 306 g/mol. The van der Waals surface area contributed by atoms with E-state index in [0.29, 0.717) is 6.42 Å². The van der Waals surface area contributed by atoms with Crippen molar-refractivity contribution in [3.8, 4) is 0 Å². The number of nitrogens with zero attached hydrogens (tertiary/aromatic N) is 1. The van der Waals surface area contributed by atoms with Crippen molar-refractivity contribution in [3.63, 3.8) is 0 Å². The highest BCUT2D eigenvalue weighted by Gasteiger charge is 2.04. The van der Waals surface area contributed by atoms with Crippen molar-refractivity contribution in [1.29, 1.82) is 0 Å². The first-order valence-corrected chi connectivity index (χ1v) is 6.66. The molecule has 0 saturated heterocycles. The fraction of sp³-hybridized carbons (Fsp3) is 0.500. The van der Waals surface area contributed by atoms with Gasteiger partial charge in [0.2, 0.25) is 0 Å². The molecule has 6 heteroatoms. The van der Waals surface area contributed by atoms with E-state index in [1.165, 1.54) is 4.88 Å². The summed E-state index contributed by atoms with van der Waals surface area (Å²) in [5.74, 6) is 0.263. The number of nitrogens with two attached hydrogens (primary N) is 1. The van der Waals surface area contributed by atoms with Gasteiger partial charge in [0.1, 0.15) is 5.84 Å². The summed E-state index contributed by atoms with van der Waals surface area (Å²) in [6, 6.07) is 4.39. The number of rotatable bonds is 6. The first-order valence-electron chi connectivity index (χ1n) is 5.06. The third-order valence-electron chi connectivity index (χ3n) is 2.14. The molecule has 16 heavy (non-hydrogen) atoms. The van der Waals surface area contributed by atoms with Crippen LogP contribution in [0.5, 0.6) is 0 Å². The third kappa shape index (κ3) is 4.96. The number of thiophene rings is 1. The smallest absolute Gasteiger partial charge is 0.140 e. The Morgan fingerprint density at radius 3 is 3.00 bits per heavy atom. The molecule has 0 aliphatic heterocycles. The highest BCUT2D eigenvalue weighted by atomic mass is 79.9. The van der Waals surface area contributed by atoms with Gasteiger partial charge in [0.25, 0.3) is 0 Å². The molecule has 0 aliphatic rings. The van der Waals surface area contributed by atoms with Gasteiger partial charge in [0.05, 0.1) is 3.79 Å². The van der Waals surface area contributed by atoms with Crippen molar-refractivity contribution in [2.24, 2.45) is 10.9 Å². The van der Waals surface area contributed by atoms with Crippen LogP contribution in [0.1, 0.15) is 18.2 Å². The lowest BCUT2D eigenvalue weighted by Crippen LogP contribution is -2.32. The molecule has 1 aromatic rings. The number of nitrogens with one attached hydrogen (secondary N) is 1. The van der Waals surface area contributed by atoms with Gasteiger partial charge in [-0.15, -0.1) is 11.3 Å². The first-order chi connectivity index (χ1) is 7.61. The molecule has 90 valence electrons. The quantitative estimate of drug-likeness (QED) is 0.326. The number of oxime groups is 1. The van der Waals surface area contributed by atoms with Crippen molar-refractivity contribution in [2.45, 2.75) is 25.8 Å². The minimum absolute atomic E-state index is 0.222. The van der Waals surface area contributed by atoms with Crippen molar-refractivity contribution >= 4 is 33.1 Å². The highest BCUT2D eigenvalue weighted by molar-refractivity contribution is 9.11. The van der Waals surface area contributed by atoms with Crippen LogP contribution in [-0.4, -0.2) is 23.6 Å². The lowest BCUT2D eigenvalue weighted by Gasteiger charge is -2.11. The lowest BCUT2D eigenvalue weighted by atomic mass is 10.2. The van der Waals surface area contributed by atoms with Gasteiger partial charge >= 0.3 is 0 Å². The Kier molecular flexibility index (Phi) is 5.79. The van der Waals surface area contributed by atoms with E-state index in [9.17, 15) is 0 Å². The third-order valence-corrected chi connectivity index (χ3v) is 3.82. The second-order valence-electron chi connectivity index (χ2n) is 3.61. The van der Waals surface area contributed by atoms with Crippen LogP contribution in [0.3, 0.4) is 0 Å². The van der Waals surface area contributed by atoms with Crippen LogP contribution in [0.25, 0.3) is 0 Å². The molecule has 1 atom stereocenters. The van der Waals surface area contributed by atoms with Crippen molar-refractivity contribution in [3.05, 3.63) is 20.8 Å². The second-order valence-corrected chi connectivity index (χ2v) is 6.15. The summed E-state index contributed by atoms with van der Waals surface area (Å²) < 4.78 is 1.16. The van der Waals surface area contributed by atoms with E-state index in [2.05, 4.69) is 38.5 Å². The van der Waals surface area contributed by atoms with Crippen LogP contribution in [0, 0.1) is 0 Å². The summed E-state index contributed by atoms with van der Waals surface area (Å²) in [5, 5.41) is 14.7. The van der Waals surface area contributed by atoms with Gasteiger partial charge < -0.3 is 16.3 Å². The Morgan fingerprint density at radius 1 is 1.69 bits per heavy atom. The summed E-state index contributed by atoms with van der Waals surface area (Å²) in [6.07, 6.45) is 1.56. The van der Waals surface area contributed by atoms with Crippen molar-refractivity contribution < 1.29 is 5.21 Å². The lowest BCUT2D eigenvalue weighted by molar-refractivity contribution is 0.316. The molecule has 1 unspecified atom stereocenters. The molecule has 0 spiro atoms. The van der Waals surface area contributed by atoms with E-state index in [1.807, 2.05) is 6.92 Å². The topological polar surface area (TPSA) is 70.6 Å². The normalized spacial score (nSPS) is 14.0. The molecule has 0 radical (unpaired) electrons. The summed E-state index contributed by atoms with van der Waals surface area (Å²) in [6.45, 7) is 2.91. The number of hydrogen-bond donors (Lipinski definition) is 3. The van der Waals surface area contributed by atoms with Crippen LogP contribution in [-0.2, 0) is 6.42 Å². The van der Waals surface area contributed by atoms with Gasteiger partial charge in [0, 0.05) is 23.9 Å². The molecule has 4 N–H and O–H groups in total. The zero-order valence-electron chi connectivity index (χ0n) is 9.11. The van der Waals surface area contributed by atoms with E-state index in [1.54, 1.807) is 11.3 Å². The Balaban J connectivity index is 2.20. The van der Waals surface area contributed by atoms with Gasteiger partial charge in [-0.1, -0.05) is 5.16 Å². The van der Waals surface area contributed by atoms with E-state index < -0.39 is 0 Å². The first kappa shape index (κ1) is 13.5. The molecule has 0 aromatic carbocycles. The summed E-state index contributed by atoms with van der Waals surface area (Å²) in [7, 11) is 0. The monoisotopic (exact) mass is 305 g/mol.